The Bertz CT molecular complexity index is 444. The van der Waals surface area contributed by atoms with Gasteiger partial charge in [0.15, 0.2) is 0 Å². The molecule has 1 rings (SSSR count). The molecular formula is C10H7N5. The quantitative estimate of drug-likeness (QED) is 0.669. The molecule has 0 aliphatic heterocycles. The van der Waals surface area contributed by atoms with Crippen LogP contribution in [0, 0.1) is 34.0 Å². The van der Waals surface area contributed by atoms with Gasteiger partial charge in [0.2, 0.25) is 0 Å². The van der Waals surface area contributed by atoms with Crippen molar-refractivity contribution in [2.45, 2.75) is 0 Å². The number of aromatic nitrogens is 1. The lowest BCUT2D eigenvalue weighted by atomic mass is 10.2. The van der Waals surface area contributed by atoms with Gasteiger partial charge in [-0.15, -0.1) is 0 Å². The smallest absolute Gasteiger partial charge is 0.107 e. The van der Waals surface area contributed by atoms with Crippen molar-refractivity contribution in [2.24, 2.45) is 0 Å². The van der Waals surface area contributed by atoms with Gasteiger partial charge in [-0.1, -0.05) is 0 Å². The predicted molar refractivity (Wildman–Crippen MR) is 52.4 cm³/mol. The molecule has 5 heteroatoms. The molecule has 72 valence electrons. The maximum absolute atomic E-state index is 8.83. The summed E-state index contributed by atoms with van der Waals surface area (Å²) in [4.78, 5) is 5.37. The monoisotopic (exact) mass is 197 g/mol. The summed E-state index contributed by atoms with van der Waals surface area (Å²) in [5.74, 6) is 0. The second-order valence-corrected chi connectivity index (χ2v) is 2.68. The standard InChI is InChI=1S/C10H7N5/c11-2-5-15(6-3-12)10-8-14-4-1-9(10)7-13/h1,4,8H,5-6H2. The minimum absolute atomic E-state index is 0.0634. The Kier molecular flexibility index (Phi) is 3.65. The van der Waals surface area contributed by atoms with Gasteiger partial charge in [0.25, 0.3) is 0 Å². The van der Waals surface area contributed by atoms with Gasteiger partial charge in [-0.05, 0) is 6.07 Å². The predicted octanol–water partition coefficient (Wildman–Crippen LogP) is 0.807. The van der Waals surface area contributed by atoms with Crippen molar-refractivity contribution >= 4 is 5.69 Å². The molecular weight excluding hydrogens is 190 g/mol. The summed E-state index contributed by atoms with van der Waals surface area (Å²) < 4.78 is 0. The molecule has 0 saturated heterocycles. The molecule has 0 spiro atoms. The lowest BCUT2D eigenvalue weighted by Gasteiger charge is -2.18. The fourth-order valence-electron chi connectivity index (χ4n) is 1.13. The van der Waals surface area contributed by atoms with E-state index in [2.05, 4.69) is 4.98 Å². The summed E-state index contributed by atoms with van der Waals surface area (Å²) in [6, 6.07) is 7.43. The van der Waals surface area contributed by atoms with Crippen LogP contribution in [0.25, 0.3) is 0 Å². The highest BCUT2D eigenvalue weighted by atomic mass is 15.1. The summed E-state index contributed by atoms with van der Waals surface area (Å²) in [5, 5.41) is 26.0. The molecule has 1 aromatic heterocycles. The van der Waals surface area contributed by atoms with Crippen LogP contribution >= 0.6 is 0 Å². The van der Waals surface area contributed by atoms with E-state index in [1.807, 2.05) is 18.2 Å². The minimum Gasteiger partial charge on any atom is -0.343 e. The lowest BCUT2D eigenvalue weighted by molar-refractivity contribution is 0.956. The van der Waals surface area contributed by atoms with Gasteiger partial charge < -0.3 is 4.90 Å². The van der Waals surface area contributed by atoms with Crippen LogP contribution in [-0.2, 0) is 0 Å². The fourth-order valence-corrected chi connectivity index (χ4v) is 1.13. The molecule has 0 bridgehead atoms. The third kappa shape index (κ3) is 2.43. The maximum atomic E-state index is 8.83. The van der Waals surface area contributed by atoms with Gasteiger partial charge in [-0.3, -0.25) is 4.98 Å². The lowest BCUT2D eigenvalue weighted by Crippen LogP contribution is -2.24. The van der Waals surface area contributed by atoms with E-state index in [-0.39, 0.29) is 13.1 Å². The van der Waals surface area contributed by atoms with Crippen LogP contribution in [0.2, 0.25) is 0 Å². The van der Waals surface area contributed by atoms with Crippen LogP contribution in [0.4, 0.5) is 5.69 Å². The number of nitrogens with zero attached hydrogens (tertiary/aromatic N) is 5. The number of nitriles is 3. The summed E-state index contributed by atoms with van der Waals surface area (Å²) in [5.41, 5.74) is 0.929. The number of hydrogen-bond acceptors (Lipinski definition) is 5. The van der Waals surface area contributed by atoms with E-state index in [0.717, 1.165) is 0 Å². The van der Waals surface area contributed by atoms with Crippen LogP contribution in [0.15, 0.2) is 18.5 Å². The first-order chi connectivity index (χ1) is 7.33. The molecule has 1 aromatic rings. The summed E-state index contributed by atoms with van der Waals surface area (Å²) in [6.45, 7) is 0.127. The van der Waals surface area contributed by atoms with Gasteiger partial charge in [0.05, 0.1) is 29.6 Å². The van der Waals surface area contributed by atoms with Crippen molar-refractivity contribution in [2.75, 3.05) is 18.0 Å². The summed E-state index contributed by atoms with van der Waals surface area (Å²) in [6.07, 6.45) is 2.98. The van der Waals surface area contributed by atoms with E-state index in [1.54, 1.807) is 6.07 Å². The van der Waals surface area contributed by atoms with E-state index in [0.29, 0.717) is 11.3 Å². The average Bonchev–Trinajstić information content (AvgIpc) is 2.29. The highest BCUT2D eigenvalue weighted by Crippen LogP contribution is 2.17. The number of pyridine rings is 1. The molecule has 1 heterocycles. The van der Waals surface area contributed by atoms with Crippen LogP contribution in [0.5, 0.6) is 0 Å². The zero-order valence-electron chi connectivity index (χ0n) is 7.88. The second kappa shape index (κ2) is 5.21. The zero-order valence-corrected chi connectivity index (χ0v) is 7.88. The molecule has 0 aromatic carbocycles. The maximum Gasteiger partial charge on any atom is 0.107 e. The molecule has 0 fully saturated rings. The first kappa shape index (κ1) is 10.5. The third-order valence-electron chi connectivity index (χ3n) is 1.78. The topological polar surface area (TPSA) is 87.5 Å². The van der Waals surface area contributed by atoms with Gasteiger partial charge in [0, 0.05) is 6.20 Å². The molecule has 0 aliphatic rings. The first-order valence-electron chi connectivity index (χ1n) is 4.16. The molecule has 0 atom stereocenters. The Morgan fingerprint density at radius 3 is 2.40 bits per heavy atom. The molecule has 0 unspecified atom stereocenters. The van der Waals surface area contributed by atoms with Gasteiger partial charge >= 0.3 is 0 Å². The Morgan fingerprint density at radius 1 is 1.20 bits per heavy atom. The largest absolute Gasteiger partial charge is 0.343 e. The molecule has 0 aliphatic carbocycles. The van der Waals surface area contributed by atoms with Crippen molar-refractivity contribution < 1.29 is 0 Å². The number of anilines is 1. The van der Waals surface area contributed by atoms with E-state index in [9.17, 15) is 0 Å². The molecule has 0 N–H and O–H groups in total. The van der Waals surface area contributed by atoms with Crippen molar-refractivity contribution in [3.05, 3.63) is 24.0 Å². The first-order valence-corrected chi connectivity index (χ1v) is 4.16. The number of rotatable bonds is 3. The van der Waals surface area contributed by atoms with Gasteiger partial charge in [0.1, 0.15) is 19.2 Å². The summed E-state index contributed by atoms with van der Waals surface area (Å²) in [7, 11) is 0. The minimum atomic E-state index is 0.0634. The number of hydrogen-bond donors (Lipinski definition) is 0. The Hall–Kier alpha value is -2.58. The SMILES string of the molecule is N#CCN(CC#N)c1cnccc1C#N. The van der Waals surface area contributed by atoms with Crippen molar-refractivity contribution in [1.82, 2.24) is 4.98 Å². The molecule has 0 radical (unpaired) electrons. The second-order valence-electron chi connectivity index (χ2n) is 2.68. The molecule has 5 nitrogen and oxygen atoms in total. The fraction of sp³-hybridized carbons (Fsp3) is 0.200. The van der Waals surface area contributed by atoms with Gasteiger partial charge in [-0.2, -0.15) is 15.8 Å². The van der Waals surface area contributed by atoms with E-state index in [4.69, 9.17) is 15.8 Å². The molecule has 0 amide bonds. The zero-order chi connectivity index (χ0) is 11.1. The summed E-state index contributed by atoms with van der Waals surface area (Å²) >= 11 is 0. The van der Waals surface area contributed by atoms with Crippen LogP contribution in [0.3, 0.4) is 0 Å². The van der Waals surface area contributed by atoms with Crippen LogP contribution < -0.4 is 4.90 Å². The van der Waals surface area contributed by atoms with Crippen LogP contribution in [0.1, 0.15) is 5.56 Å². The van der Waals surface area contributed by atoms with E-state index >= 15 is 0 Å². The molecule has 15 heavy (non-hydrogen) atoms. The van der Waals surface area contributed by atoms with Crippen molar-refractivity contribution in [3.8, 4) is 18.2 Å². The van der Waals surface area contributed by atoms with E-state index < -0.39 is 0 Å². The Morgan fingerprint density at radius 2 is 1.87 bits per heavy atom. The van der Waals surface area contributed by atoms with Crippen molar-refractivity contribution in [1.29, 1.82) is 15.8 Å². The van der Waals surface area contributed by atoms with Crippen molar-refractivity contribution in [3.63, 3.8) is 0 Å². The molecule has 0 saturated carbocycles. The van der Waals surface area contributed by atoms with E-state index in [1.165, 1.54) is 17.3 Å². The third-order valence-corrected chi connectivity index (χ3v) is 1.78. The normalized spacial score (nSPS) is 8.33. The van der Waals surface area contributed by atoms with Gasteiger partial charge in [-0.25, -0.2) is 0 Å². The Balaban J connectivity index is 3.07. The highest BCUT2D eigenvalue weighted by Gasteiger charge is 2.10. The van der Waals surface area contributed by atoms with Crippen LogP contribution in [-0.4, -0.2) is 18.1 Å². The Labute approximate surface area is 87.4 Å². The highest BCUT2D eigenvalue weighted by molar-refractivity contribution is 5.58. The average molecular weight is 197 g/mol.